The largest absolute Gasteiger partial charge is 0.481 e. The SMILES string of the molecule is CC(CCCNC(=O)CCCc1cccs1)C(=O)O. The van der Waals surface area contributed by atoms with Crippen LogP contribution in [0.3, 0.4) is 0 Å². The van der Waals surface area contributed by atoms with Gasteiger partial charge < -0.3 is 10.4 Å². The summed E-state index contributed by atoms with van der Waals surface area (Å²) >= 11 is 1.71. The number of nitrogens with one attached hydrogen (secondary N) is 1. The van der Waals surface area contributed by atoms with Crippen molar-refractivity contribution in [1.29, 1.82) is 0 Å². The van der Waals surface area contributed by atoms with Crippen LogP contribution in [0.5, 0.6) is 0 Å². The third-order valence-electron chi connectivity index (χ3n) is 2.96. The molecule has 0 saturated heterocycles. The molecule has 1 atom stereocenters. The Morgan fingerprint density at radius 1 is 1.42 bits per heavy atom. The number of hydrogen-bond donors (Lipinski definition) is 2. The number of amides is 1. The van der Waals surface area contributed by atoms with E-state index in [0.29, 0.717) is 25.8 Å². The molecule has 0 spiro atoms. The quantitative estimate of drug-likeness (QED) is 0.685. The van der Waals surface area contributed by atoms with Gasteiger partial charge in [-0.3, -0.25) is 9.59 Å². The normalized spacial score (nSPS) is 12.1. The highest BCUT2D eigenvalue weighted by Crippen LogP contribution is 2.11. The molecule has 0 aliphatic carbocycles. The van der Waals surface area contributed by atoms with Gasteiger partial charge in [-0.2, -0.15) is 0 Å². The average molecular weight is 283 g/mol. The Labute approximate surface area is 117 Å². The Hall–Kier alpha value is -1.36. The van der Waals surface area contributed by atoms with Crippen LogP contribution in [0.15, 0.2) is 17.5 Å². The molecule has 0 radical (unpaired) electrons. The molecule has 1 heterocycles. The first-order valence-corrected chi connectivity index (χ1v) is 7.49. The molecule has 4 nitrogen and oxygen atoms in total. The number of rotatable bonds is 9. The molecule has 106 valence electrons. The van der Waals surface area contributed by atoms with Crippen LogP contribution in [0.2, 0.25) is 0 Å². The molecule has 1 aromatic heterocycles. The van der Waals surface area contributed by atoms with Crippen LogP contribution in [0.4, 0.5) is 0 Å². The Kier molecular flexibility index (Phi) is 7.18. The lowest BCUT2D eigenvalue weighted by Crippen LogP contribution is -2.25. The zero-order valence-corrected chi connectivity index (χ0v) is 12.0. The van der Waals surface area contributed by atoms with Crippen LogP contribution < -0.4 is 5.32 Å². The Morgan fingerprint density at radius 3 is 2.84 bits per heavy atom. The van der Waals surface area contributed by atoms with Crippen molar-refractivity contribution >= 4 is 23.2 Å². The summed E-state index contributed by atoms with van der Waals surface area (Å²) in [6, 6.07) is 4.10. The van der Waals surface area contributed by atoms with Gasteiger partial charge in [-0.15, -0.1) is 11.3 Å². The van der Waals surface area contributed by atoms with Crippen molar-refractivity contribution in [2.45, 2.75) is 39.0 Å². The number of carbonyl (C=O) groups excluding carboxylic acids is 1. The van der Waals surface area contributed by atoms with E-state index in [1.807, 2.05) is 11.4 Å². The molecule has 1 unspecified atom stereocenters. The van der Waals surface area contributed by atoms with E-state index in [0.717, 1.165) is 12.8 Å². The first-order valence-electron chi connectivity index (χ1n) is 6.61. The molecule has 1 aromatic rings. The lowest BCUT2D eigenvalue weighted by atomic mass is 10.1. The van der Waals surface area contributed by atoms with Gasteiger partial charge >= 0.3 is 5.97 Å². The van der Waals surface area contributed by atoms with Gasteiger partial charge in [0.1, 0.15) is 0 Å². The van der Waals surface area contributed by atoms with Crippen molar-refractivity contribution in [3.63, 3.8) is 0 Å². The highest BCUT2D eigenvalue weighted by atomic mass is 32.1. The van der Waals surface area contributed by atoms with Crippen LogP contribution in [-0.4, -0.2) is 23.5 Å². The number of carboxylic acids is 1. The fraction of sp³-hybridized carbons (Fsp3) is 0.571. The molecule has 0 aromatic carbocycles. The molecule has 19 heavy (non-hydrogen) atoms. The minimum atomic E-state index is -0.776. The fourth-order valence-corrected chi connectivity index (χ4v) is 2.48. The maximum absolute atomic E-state index is 11.5. The van der Waals surface area contributed by atoms with E-state index in [1.54, 1.807) is 18.3 Å². The smallest absolute Gasteiger partial charge is 0.306 e. The first kappa shape index (κ1) is 15.7. The van der Waals surface area contributed by atoms with E-state index in [1.165, 1.54) is 4.88 Å². The summed E-state index contributed by atoms with van der Waals surface area (Å²) in [4.78, 5) is 23.4. The molecule has 1 amide bonds. The van der Waals surface area contributed by atoms with Crippen molar-refractivity contribution in [1.82, 2.24) is 5.32 Å². The van der Waals surface area contributed by atoms with Crippen LogP contribution in [0, 0.1) is 5.92 Å². The average Bonchev–Trinajstić information content (AvgIpc) is 2.87. The molecule has 2 N–H and O–H groups in total. The Balaban J connectivity index is 2.00. The number of carboxylic acid groups (broad SMARTS) is 1. The summed E-state index contributed by atoms with van der Waals surface area (Å²) in [5, 5.41) is 13.6. The number of carbonyl (C=O) groups is 2. The highest BCUT2D eigenvalue weighted by Gasteiger charge is 2.10. The molecule has 0 saturated carbocycles. The van der Waals surface area contributed by atoms with E-state index < -0.39 is 5.97 Å². The number of thiophene rings is 1. The third kappa shape index (κ3) is 6.96. The minimum Gasteiger partial charge on any atom is -0.481 e. The predicted molar refractivity (Wildman–Crippen MR) is 76.3 cm³/mol. The standard InChI is InChI=1S/C14H21NO3S/c1-11(14(17)18)5-3-9-15-13(16)8-2-6-12-7-4-10-19-12/h4,7,10-11H,2-3,5-6,8-9H2,1H3,(H,15,16)(H,17,18). The van der Waals surface area contributed by atoms with Crippen molar-refractivity contribution in [3.05, 3.63) is 22.4 Å². The predicted octanol–water partition coefficient (Wildman–Crippen LogP) is 2.69. The van der Waals surface area contributed by atoms with Crippen LogP contribution in [0.25, 0.3) is 0 Å². The summed E-state index contributed by atoms with van der Waals surface area (Å²) in [6.45, 7) is 2.25. The molecular formula is C14H21NO3S. The van der Waals surface area contributed by atoms with Crippen LogP contribution in [-0.2, 0) is 16.0 Å². The van der Waals surface area contributed by atoms with Crippen molar-refractivity contribution < 1.29 is 14.7 Å². The van der Waals surface area contributed by atoms with E-state index >= 15 is 0 Å². The van der Waals surface area contributed by atoms with Gasteiger partial charge in [0.15, 0.2) is 0 Å². The van der Waals surface area contributed by atoms with Gasteiger partial charge in [-0.1, -0.05) is 13.0 Å². The van der Waals surface area contributed by atoms with Gasteiger partial charge in [0.25, 0.3) is 0 Å². The summed E-state index contributed by atoms with van der Waals surface area (Å²) in [5.41, 5.74) is 0. The van der Waals surface area contributed by atoms with Gasteiger partial charge in [0.2, 0.25) is 5.91 Å². The maximum atomic E-state index is 11.5. The van der Waals surface area contributed by atoms with Crippen LogP contribution in [0.1, 0.15) is 37.5 Å². The van der Waals surface area contributed by atoms with Gasteiger partial charge in [-0.25, -0.2) is 0 Å². The lowest BCUT2D eigenvalue weighted by Gasteiger charge is -2.07. The lowest BCUT2D eigenvalue weighted by molar-refractivity contribution is -0.141. The molecular weight excluding hydrogens is 262 g/mol. The molecule has 5 heteroatoms. The minimum absolute atomic E-state index is 0.0551. The van der Waals surface area contributed by atoms with Crippen LogP contribution >= 0.6 is 11.3 Å². The van der Waals surface area contributed by atoms with Crippen molar-refractivity contribution in [2.75, 3.05) is 6.54 Å². The maximum Gasteiger partial charge on any atom is 0.306 e. The number of aryl methyl sites for hydroxylation is 1. The second-order valence-corrected chi connectivity index (χ2v) is 5.70. The van der Waals surface area contributed by atoms with E-state index in [-0.39, 0.29) is 11.8 Å². The molecule has 0 aliphatic rings. The molecule has 1 rings (SSSR count). The number of aliphatic carboxylic acids is 1. The Morgan fingerprint density at radius 2 is 2.21 bits per heavy atom. The van der Waals surface area contributed by atoms with E-state index in [2.05, 4.69) is 11.4 Å². The summed E-state index contributed by atoms with van der Waals surface area (Å²) in [6.07, 6.45) is 3.65. The molecule has 0 aliphatic heterocycles. The second-order valence-electron chi connectivity index (χ2n) is 4.66. The monoisotopic (exact) mass is 283 g/mol. The molecule has 0 bridgehead atoms. The summed E-state index contributed by atoms with van der Waals surface area (Å²) in [5.74, 6) is -1.06. The Bertz CT molecular complexity index is 389. The zero-order valence-electron chi connectivity index (χ0n) is 11.2. The number of hydrogen-bond acceptors (Lipinski definition) is 3. The van der Waals surface area contributed by atoms with Crippen molar-refractivity contribution in [2.24, 2.45) is 5.92 Å². The zero-order chi connectivity index (χ0) is 14.1. The van der Waals surface area contributed by atoms with Crippen molar-refractivity contribution in [3.8, 4) is 0 Å². The first-order chi connectivity index (χ1) is 9.09. The van der Waals surface area contributed by atoms with E-state index in [4.69, 9.17) is 5.11 Å². The molecule has 0 fully saturated rings. The van der Waals surface area contributed by atoms with Gasteiger partial charge in [-0.05, 0) is 37.1 Å². The topological polar surface area (TPSA) is 66.4 Å². The second kappa shape index (κ2) is 8.69. The van der Waals surface area contributed by atoms with Gasteiger partial charge in [0, 0.05) is 17.8 Å². The third-order valence-corrected chi connectivity index (χ3v) is 3.90. The summed E-state index contributed by atoms with van der Waals surface area (Å²) in [7, 11) is 0. The highest BCUT2D eigenvalue weighted by molar-refractivity contribution is 7.09. The van der Waals surface area contributed by atoms with E-state index in [9.17, 15) is 9.59 Å². The fourth-order valence-electron chi connectivity index (χ4n) is 1.73. The van der Waals surface area contributed by atoms with Gasteiger partial charge in [0.05, 0.1) is 5.92 Å². The summed E-state index contributed by atoms with van der Waals surface area (Å²) < 4.78 is 0.